The molecule has 21 heavy (non-hydrogen) atoms. The minimum Gasteiger partial charge on any atom is -0.490 e. The van der Waals surface area contributed by atoms with Crippen molar-refractivity contribution in [2.45, 2.75) is 63.6 Å². The molecule has 1 aliphatic heterocycles. The van der Waals surface area contributed by atoms with Crippen molar-refractivity contribution in [2.24, 2.45) is 0 Å². The molecule has 3 nitrogen and oxygen atoms in total. The van der Waals surface area contributed by atoms with Gasteiger partial charge in [-0.25, -0.2) is 0 Å². The van der Waals surface area contributed by atoms with Gasteiger partial charge in [0.2, 0.25) is 0 Å². The molecule has 3 heteroatoms. The van der Waals surface area contributed by atoms with Crippen molar-refractivity contribution in [2.75, 3.05) is 6.61 Å². The first-order valence-electron chi connectivity index (χ1n) is 8.04. The van der Waals surface area contributed by atoms with Crippen LogP contribution in [-0.4, -0.2) is 24.1 Å². The van der Waals surface area contributed by atoms with E-state index in [2.05, 4.69) is 0 Å². The number of ether oxygens (including phenoxy) is 2. The zero-order valence-corrected chi connectivity index (χ0v) is 12.8. The van der Waals surface area contributed by atoms with E-state index in [4.69, 9.17) is 9.47 Å². The second-order valence-corrected chi connectivity index (χ2v) is 6.49. The van der Waals surface area contributed by atoms with E-state index in [1.54, 1.807) is 6.92 Å². The van der Waals surface area contributed by atoms with Gasteiger partial charge in [-0.05, 0) is 37.5 Å². The molecule has 1 unspecified atom stereocenters. The Morgan fingerprint density at radius 3 is 2.67 bits per heavy atom. The molecule has 1 saturated carbocycles. The first kappa shape index (κ1) is 14.6. The van der Waals surface area contributed by atoms with Crippen LogP contribution in [0.15, 0.2) is 24.3 Å². The Morgan fingerprint density at radius 1 is 1.29 bits per heavy atom. The Bertz CT molecular complexity index is 486. The lowest BCUT2D eigenvalue weighted by Gasteiger charge is -2.38. The van der Waals surface area contributed by atoms with Crippen LogP contribution in [0.1, 0.15) is 51.0 Å². The van der Waals surface area contributed by atoms with Crippen molar-refractivity contribution in [3.63, 3.8) is 0 Å². The van der Waals surface area contributed by atoms with Crippen LogP contribution >= 0.6 is 0 Å². The Morgan fingerprint density at radius 2 is 2.00 bits per heavy atom. The van der Waals surface area contributed by atoms with Crippen LogP contribution in [-0.2, 0) is 16.0 Å². The van der Waals surface area contributed by atoms with Crippen molar-refractivity contribution in [3.05, 3.63) is 29.8 Å². The first-order valence-corrected chi connectivity index (χ1v) is 8.04. The molecule has 0 radical (unpaired) electrons. The van der Waals surface area contributed by atoms with Gasteiger partial charge in [-0.1, -0.05) is 25.0 Å². The van der Waals surface area contributed by atoms with Crippen molar-refractivity contribution in [3.8, 4) is 5.75 Å². The van der Waals surface area contributed by atoms with E-state index in [0.717, 1.165) is 30.8 Å². The summed E-state index contributed by atoms with van der Waals surface area (Å²) in [5.74, 6) is 1.10. The maximum Gasteiger partial charge on any atom is 0.134 e. The fourth-order valence-electron chi connectivity index (χ4n) is 3.62. The molecule has 114 valence electrons. The highest BCUT2D eigenvalue weighted by Crippen LogP contribution is 2.40. The van der Waals surface area contributed by atoms with Crippen LogP contribution in [0.5, 0.6) is 5.75 Å². The van der Waals surface area contributed by atoms with Gasteiger partial charge in [0.15, 0.2) is 0 Å². The van der Waals surface area contributed by atoms with Crippen LogP contribution < -0.4 is 4.74 Å². The molecule has 2 aliphatic rings. The number of Topliss-reactive ketones (excluding diaryl/α,β-unsaturated/α-hetero) is 1. The molecule has 1 saturated heterocycles. The van der Waals surface area contributed by atoms with Gasteiger partial charge in [0, 0.05) is 19.3 Å². The monoisotopic (exact) mass is 288 g/mol. The summed E-state index contributed by atoms with van der Waals surface area (Å²) in [6.45, 7) is 2.43. The number of carbonyl (C=O) groups excluding carboxylic acids is 1. The van der Waals surface area contributed by atoms with E-state index in [0.29, 0.717) is 6.42 Å². The van der Waals surface area contributed by atoms with E-state index in [1.807, 2.05) is 24.3 Å². The number of hydrogen-bond acceptors (Lipinski definition) is 3. The van der Waals surface area contributed by atoms with E-state index in [9.17, 15) is 4.79 Å². The van der Waals surface area contributed by atoms with E-state index in [1.165, 1.54) is 25.7 Å². The standard InChI is InChI=1S/C18H24O3/c1-14(19)12-15-4-6-16(7-5-15)21-17-8-11-20-18(13-17)9-2-3-10-18/h4-7,17H,2-3,8-13H2,1H3. The van der Waals surface area contributed by atoms with Crippen molar-refractivity contribution < 1.29 is 14.3 Å². The van der Waals surface area contributed by atoms with Gasteiger partial charge in [0.25, 0.3) is 0 Å². The molecule has 0 N–H and O–H groups in total. The SMILES string of the molecule is CC(=O)Cc1ccc(OC2CCOC3(CCCC3)C2)cc1. The second kappa shape index (κ2) is 6.18. The second-order valence-electron chi connectivity index (χ2n) is 6.49. The molecule has 1 atom stereocenters. The summed E-state index contributed by atoms with van der Waals surface area (Å²) in [5.41, 5.74) is 1.14. The smallest absolute Gasteiger partial charge is 0.134 e. The van der Waals surface area contributed by atoms with Crippen LogP contribution in [0.25, 0.3) is 0 Å². The molecule has 1 aliphatic carbocycles. The molecular weight excluding hydrogens is 264 g/mol. The molecule has 1 aromatic rings. The first-order chi connectivity index (χ1) is 10.2. The van der Waals surface area contributed by atoms with Gasteiger partial charge in [0.1, 0.15) is 17.6 Å². The third kappa shape index (κ3) is 3.65. The normalized spacial score (nSPS) is 24.1. The number of benzene rings is 1. The molecule has 1 spiro atoms. The van der Waals surface area contributed by atoms with Gasteiger partial charge in [0.05, 0.1) is 12.2 Å². The average Bonchev–Trinajstić information content (AvgIpc) is 2.88. The zero-order valence-electron chi connectivity index (χ0n) is 12.8. The van der Waals surface area contributed by atoms with Gasteiger partial charge >= 0.3 is 0 Å². The molecule has 0 amide bonds. The maximum atomic E-state index is 11.1. The van der Waals surface area contributed by atoms with Gasteiger partial charge in [-0.2, -0.15) is 0 Å². The highest BCUT2D eigenvalue weighted by Gasteiger charge is 2.40. The summed E-state index contributed by atoms with van der Waals surface area (Å²) in [7, 11) is 0. The molecule has 0 aromatic heterocycles. The summed E-state index contributed by atoms with van der Waals surface area (Å²) >= 11 is 0. The van der Waals surface area contributed by atoms with E-state index < -0.39 is 0 Å². The maximum absolute atomic E-state index is 11.1. The lowest BCUT2D eigenvalue weighted by atomic mass is 9.90. The van der Waals surface area contributed by atoms with Crippen LogP contribution in [0.2, 0.25) is 0 Å². The molecule has 3 rings (SSSR count). The number of rotatable bonds is 4. The van der Waals surface area contributed by atoms with Crippen LogP contribution in [0.3, 0.4) is 0 Å². The minimum absolute atomic E-state index is 0.0947. The van der Waals surface area contributed by atoms with Crippen LogP contribution in [0.4, 0.5) is 0 Å². The fourth-order valence-corrected chi connectivity index (χ4v) is 3.62. The summed E-state index contributed by atoms with van der Waals surface area (Å²) in [6, 6.07) is 7.94. The van der Waals surface area contributed by atoms with Gasteiger partial charge < -0.3 is 9.47 Å². The van der Waals surface area contributed by atoms with Crippen LogP contribution in [0, 0.1) is 0 Å². The number of ketones is 1. The Hall–Kier alpha value is -1.35. The summed E-state index contributed by atoms with van der Waals surface area (Å²) in [4.78, 5) is 11.1. The summed E-state index contributed by atoms with van der Waals surface area (Å²) in [5, 5.41) is 0. The van der Waals surface area contributed by atoms with E-state index in [-0.39, 0.29) is 17.5 Å². The molecular formula is C18H24O3. The number of hydrogen-bond donors (Lipinski definition) is 0. The molecule has 0 bridgehead atoms. The Balaban J connectivity index is 1.59. The average molecular weight is 288 g/mol. The fraction of sp³-hybridized carbons (Fsp3) is 0.611. The topological polar surface area (TPSA) is 35.5 Å². The third-order valence-electron chi connectivity index (χ3n) is 4.64. The molecule has 1 heterocycles. The third-order valence-corrected chi connectivity index (χ3v) is 4.64. The van der Waals surface area contributed by atoms with Gasteiger partial charge in [-0.3, -0.25) is 4.79 Å². The lowest BCUT2D eigenvalue weighted by molar-refractivity contribution is -0.116. The Labute approximate surface area is 126 Å². The predicted octanol–water partition coefficient (Wildman–Crippen LogP) is 3.69. The lowest BCUT2D eigenvalue weighted by Crippen LogP contribution is -2.41. The number of carbonyl (C=O) groups is 1. The highest BCUT2D eigenvalue weighted by molar-refractivity contribution is 5.78. The minimum atomic E-state index is 0.0947. The zero-order chi connectivity index (χ0) is 14.7. The van der Waals surface area contributed by atoms with E-state index >= 15 is 0 Å². The van der Waals surface area contributed by atoms with Crippen molar-refractivity contribution in [1.82, 2.24) is 0 Å². The predicted molar refractivity (Wildman–Crippen MR) is 81.6 cm³/mol. The van der Waals surface area contributed by atoms with Crippen molar-refractivity contribution in [1.29, 1.82) is 0 Å². The molecule has 2 fully saturated rings. The highest BCUT2D eigenvalue weighted by atomic mass is 16.5. The largest absolute Gasteiger partial charge is 0.490 e. The molecule has 1 aromatic carbocycles. The Kier molecular flexibility index (Phi) is 4.29. The summed E-state index contributed by atoms with van der Waals surface area (Å²) in [6.07, 6.45) is 7.68. The summed E-state index contributed by atoms with van der Waals surface area (Å²) < 4.78 is 12.2. The van der Waals surface area contributed by atoms with Gasteiger partial charge in [-0.15, -0.1) is 0 Å². The van der Waals surface area contributed by atoms with Crippen molar-refractivity contribution >= 4 is 5.78 Å². The quantitative estimate of drug-likeness (QED) is 0.847.